The summed E-state index contributed by atoms with van der Waals surface area (Å²) in [6.45, 7) is 1.94. The first-order chi connectivity index (χ1) is 11.1. The molecular weight excluding hydrogens is 314 g/mol. The average Bonchev–Trinajstić information content (AvgIpc) is 2.94. The molecular formula is C17H19NO4S. The molecule has 1 unspecified atom stereocenters. The lowest BCUT2D eigenvalue weighted by molar-refractivity contribution is -0.135. The summed E-state index contributed by atoms with van der Waals surface area (Å²) in [6, 6.07) is 7.55. The number of aryl methyl sites for hydroxylation is 1. The summed E-state index contributed by atoms with van der Waals surface area (Å²) in [5.74, 6) is -0.915. The Balaban J connectivity index is 2.50. The van der Waals surface area contributed by atoms with Gasteiger partial charge >= 0.3 is 5.97 Å². The van der Waals surface area contributed by atoms with E-state index in [2.05, 4.69) is 4.98 Å². The highest BCUT2D eigenvalue weighted by Crippen LogP contribution is 2.33. The lowest BCUT2D eigenvalue weighted by atomic mass is 9.94. The minimum absolute atomic E-state index is 0.128. The van der Waals surface area contributed by atoms with Gasteiger partial charge in [-0.2, -0.15) is 0 Å². The van der Waals surface area contributed by atoms with Crippen LogP contribution in [-0.4, -0.2) is 30.3 Å². The van der Waals surface area contributed by atoms with Crippen molar-refractivity contribution in [2.45, 2.75) is 19.4 Å². The molecule has 0 saturated heterocycles. The summed E-state index contributed by atoms with van der Waals surface area (Å²) in [7, 11) is 3.12. The zero-order valence-corrected chi connectivity index (χ0v) is 14.1. The number of thiazole rings is 1. The van der Waals surface area contributed by atoms with Gasteiger partial charge in [0.15, 0.2) is 0 Å². The van der Waals surface area contributed by atoms with Crippen molar-refractivity contribution in [2.24, 2.45) is 0 Å². The van der Waals surface area contributed by atoms with Gasteiger partial charge in [-0.15, -0.1) is 11.3 Å². The van der Waals surface area contributed by atoms with Gasteiger partial charge in [0.1, 0.15) is 6.10 Å². The van der Waals surface area contributed by atoms with E-state index in [-0.39, 0.29) is 12.5 Å². The zero-order valence-electron chi connectivity index (χ0n) is 13.3. The van der Waals surface area contributed by atoms with Crippen LogP contribution in [0.3, 0.4) is 0 Å². The van der Waals surface area contributed by atoms with Crippen LogP contribution in [0.4, 0.5) is 0 Å². The van der Waals surface area contributed by atoms with E-state index in [4.69, 9.17) is 14.6 Å². The van der Waals surface area contributed by atoms with Crippen LogP contribution in [0.2, 0.25) is 0 Å². The molecule has 1 aromatic heterocycles. The molecule has 0 aliphatic heterocycles. The monoisotopic (exact) mass is 333 g/mol. The van der Waals surface area contributed by atoms with Crippen molar-refractivity contribution in [3.8, 4) is 0 Å². The Morgan fingerprint density at radius 3 is 2.70 bits per heavy atom. The summed E-state index contributed by atoms with van der Waals surface area (Å²) < 4.78 is 10.7. The molecule has 2 rings (SSSR count). The van der Waals surface area contributed by atoms with Crippen LogP contribution in [0.25, 0.3) is 5.57 Å². The van der Waals surface area contributed by atoms with Crippen LogP contribution in [-0.2, 0) is 14.3 Å². The van der Waals surface area contributed by atoms with Gasteiger partial charge in [-0.3, -0.25) is 4.79 Å². The first-order valence-corrected chi connectivity index (χ1v) is 7.92. The highest BCUT2D eigenvalue weighted by Gasteiger charge is 2.21. The van der Waals surface area contributed by atoms with Gasteiger partial charge in [0.2, 0.25) is 0 Å². The number of carboxylic acid groups (broad SMARTS) is 1. The molecule has 0 fully saturated rings. The Labute approximate surface area is 139 Å². The van der Waals surface area contributed by atoms with Gasteiger partial charge in [-0.25, -0.2) is 4.98 Å². The van der Waals surface area contributed by atoms with Crippen molar-refractivity contribution in [3.05, 3.63) is 57.7 Å². The van der Waals surface area contributed by atoms with Crippen LogP contribution in [0.1, 0.15) is 34.4 Å². The van der Waals surface area contributed by atoms with E-state index < -0.39 is 5.97 Å². The molecule has 1 atom stereocenters. The molecule has 5 nitrogen and oxygen atoms in total. The second-order valence-electron chi connectivity index (χ2n) is 4.94. The zero-order chi connectivity index (χ0) is 16.8. The minimum atomic E-state index is -0.915. The number of nitrogens with zero attached hydrogens (tertiary/aromatic N) is 1. The second kappa shape index (κ2) is 7.89. The van der Waals surface area contributed by atoms with Crippen LogP contribution >= 0.6 is 11.3 Å². The van der Waals surface area contributed by atoms with Gasteiger partial charge in [-0.05, 0) is 18.1 Å². The summed E-state index contributed by atoms with van der Waals surface area (Å²) in [5, 5.41) is 12.1. The van der Waals surface area contributed by atoms with Crippen LogP contribution in [0.5, 0.6) is 0 Å². The molecule has 0 bridgehead atoms. The number of methoxy groups -OCH3 is 2. The number of hydrogen-bond donors (Lipinski definition) is 1. The predicted molar refractivity (Wildman–Crippen MR) is 89.4 cm³/mol. The Morgan fingerprint density at radius 1 is 1.39 bits per heavy atom. The number of ether oxygens (including phenoxy) is 2. The molecule has 0 radical (unpaired) electrons. The first-order valence-electron chi connectivity index (χ1n) is 7.04. The third-order valence-electron chi connectivity index (χ3n) is 3.33. The Bertz CT molecular complexity index is 708. The van der Waals surface area contributed by atoms with E-state index in [1.807, 2.05) is 36.6 Å². The van der Waals surface area contributed by atoms with Crippen molar-refractivity contribution in [1.82, 2.24) is 4.98 Å². The van der Waals surface area contributed by atoms with Crippen molar-refractivity contribution in [2.75, 3.05) is 14.2 Å². The number of aliphatic carboxylic acids is 1. The van der Waals surface area contributed by atoms with E-state index in [1.165, 1.54) is 13.4 Å². The van der Waals surface area contributed by atoms with E-state index in [1.54, 1.807) is 18.4 Å². The maximum Gasteiger partial charge on any atom is 0.307 e. The number of carbonyl (C=O) groups is 1. The fraction of sp³-hybridized carbons (Fsp3) is 0.294. The van der Waals surface area contributed by atoms with Crippen molar-refractivity contribution in [1.29, 1.82) is 0 Å². The average molecular weight is 333 g/mol. The number of hydrogen-bond acceptors (Lipinski definition) is 5. The molecule has 0 spiro atoms. The molecule has 1 heterocycles. The van der Waals surface area contributed by atoms with E-state index in [0.717, 1.165) is 21.8 Å². The molecule has 6 heteroatoms. The smallest absolute Gasteiger partial charge is 0.307 e. The molecule has 0 amide bonds. The number of benzene rings is 1. The minimum Gasteiger partial charge on any atom is -0.504 e. The van der Waals surface area contributed by atoms with Gasteiger partial charge in [0.05, 0.1) is 30.5 Å². The van der Waals surface area contributed by atoms with Crippen LogP contribution < -0.4 is 0 Å². The number of rotatable bonds is 7. The van der Waals surface area contributed by atoms with Gasteiger partial charge in [0, 0.05) is 18.1 Å². The molecule has 1 aromatic carbocycles. The maximum atomic E-state index is 11.1. The summed E-state index contributed by atoms with van der Waals surface area (Å²) >= 11 is 1.55. The fourth-order valence-corrected chi connectivity index (χ4v) is 3.06. The second-order valence-corrected chi connectivity index (χ2v) is 6.01. The maximum absolute atomic E-state index is 11.1. The predicted octanol–water partition coefficient (Wildman–Crippen LogP) is 3.65. The summed E-state index contributed by atoms with van der Waals surface area (Å²) in [6.07, 6.45) is 0.980. The summed E-state index contributed by atoms with van der Waals surface area (Å²) in [5.41, 5.74) is 3.05. The third kappa shape index (κ3) is 4.18. The normalized spacial score (nSPS) is 12.9. The highest BCUT2D eigenvalue weighted by atomic mass is 32.1. The highest BCUT2D eigenvalue weighted by molar-refractivity contribution is 7.09. The van der Waals surface area contributed by atoms with E-state index in [9.17, 15) is 4.79 Å². The van der Waals surface area contributed by atoms with Gasteiger partial charge in [0.25, 0.3) is 0 Å². The van der Waals surface area contributed by atoms with E-state index in [0.29, 0.717) is 5.57 Å². The molecule has 1 N–H and O–H groups in total. The molecule has 2 aromatic rings. The molecule has 0 aliphatic carbocycles. The van der Waals surface area contributed by atoms with Crippen molar-refractivity contribution in [3.63, 3.8) is 0 Å². The number of aromatic nitrogens is 1. The van der Waals surface area contributed by atoms with E-state index >= 15 is 0 Å². The lowest BCUT2D eigenvalue weighted by Crippen LogP contribution is -2.08. The Morgan fingerprint density at radius 2 is 2.13 bits per heavy atom. The van der Waals surface area contributed by atoms with Gasteiger partial charge in [-0.1, -0.05) is 24.3 Å². The first kappa shape index (κ1) is 17.2. The quantitative estimate of drug-likeness (QED) is 0.783. The Hall–Kier alpha value is -2.18. The molecule has 0 saturated carbocycles. The van der Waals surface area contributed by atoms with Gasteiger partial charge < -0.3 is 14.6 Å². The summed E-state index contributed by atoms with van der Waals surface area (Å²) in [4.78, 5) is 15.6. The Kier molecular flexibility index (Phi) is 5.90. The SMILES string of the molecule is COC=C(CC(=O)O)c1ccccc1C(OC)c1csc(C)n1. The molecule has 122 valence electrons. The molecule has 23 heavy (non-hydrogen) atoms. The lowest BCUT2D eigenvalue weighted by Gasteiger charge is -2.19. The van der Waals surface area contributed by atoms with Crippen molar-refractivity contribution >= 4 is 22.9 Å². The topological polar surface area (TPSA) is 68.7 Å². The molecule has 0 aliphatic rings. The third-order valence-corrected chi connectivity index (χ3v) is 4.12. The van der Waals surface area contributed by atoms with Crippen LogP contribution in [0, 0.1) is 6.92 Å². The van der Waals surface area contributed by atoms with Crippen molar-refractivity contribution < 1.29 is 19.4 Å². The number of carboxylic acids is 1. The fourth-order valence-electron chi connectivity index (χ4n) is 2.43. The largest absolute Gasteiger partial charge is 0.504 e. The van der Waals surface area contributed by atoms with Crippen LogP contribution in [0.15, 0.2) is 35.9 Å². The standard InChI is InChI=1S/C17H19NO4S/c1-11-18-15(10-23-11)17(22-3)14-7-5-4-6-13(14)12(9-21-2)8-16(19)20/h4-7,9-10,17H,8H2,1-3H3,(H,19,20).